The summed E-state index contributed by atoms with van der Waals surface area (Å²) in [5.41, 5.74) is 0.214. The summed E-state index contributed by atoms with van der Waals surface area (Å²) < 4.78 is 5.76. The number of rotatable bonds is 2. The van der Waals surface area contributed by atoms with Crippen molar-refractivity contribution in [3.63, 3.8) is 0 Å². The number of ether oxygens (including phenoxy) is 1. The van der Waals surface area contributed by atoms with Crippen molar-refractivity contribution >= 4 is 6.29 Å². The van der Waals surface area contributed by atoms with Crippen LogP contribution < -0.4 is 0 Å². The number of aldehydes is 1. The van der Waals surface area contributed by atoms with Gasteiger partial charge in [0, 0.05) is 13.0 Å². The summed E-state index contributed by atoms with van der Waals surface area (Å²) in [5, 5.41) is 0. The molecule has 1 spiro atoms. The molecule has 2 nitrogen and oxygen atoms in total. The van der Waals surface area contributed by atoms with E-state index in [4.69, 9.17) is 4.74 Å². The summed E-state index contributed by atoms with van der Waals surface area (Å²) >= 11 is 0. The van der Waals surface area contributed by atoms with Gasteiger partial charge in [-0.2, -0.15) is 0 Å². The summed E-state index contributed by atoms with van der Waals surface area (Å²) in [7, 11) is 0. The fraction of sp³-hybridized carbons (Fsp3) is 0.900. The van der Waals surface area contributed by atoms with Crippen LogP contribution in [0.2, 0.25) is 0 Å². The Hall–Kier alpha value is -0.370. The third kappa shape index (κ3) is 1.40. The summed E-state index contributed by atoms with van der Waals surface area (Å²) in [4.78, 5) is 10.3. The molecule has 2 rings (SSSR count). The van der Waals surface area contributed by atoms with E-state index >= 15 is 0 Å². The SMILES string of the molecule is O=CCC1CCOC2(CCC2)C1. The van der Waals surface area contributed by atoms with Crippen molar-refractivity contribution in [3.8, 4) is 0 Å². The van der Waals surface area contributed by atoms with E-state index < -0.39 is 0 Å². The third-order valence-corrected chi connectivity index (χ3v) is 3.29. The highest BCUT2D eigenvalue weighted by atomic mass is 16.5. The number of hydrogen-bond acceptors (Lipinski definition) is 2. The Balaban J connectivity index is 1.89. The minimum Gasteiger partial charge on any atom is -0.375 e. The molecule has 1 saturated heterocycles. The van der Waals surface area contributed by atoms with E-state index in [1.807, 2.05) is 0 Å². The number of carbonyl (C=O) groups excluding carboxylic acids is 1. The highest BCUT2D eigenvalue weighted by Crippen LogP contribution is 2.44. The largest absolute Gasteiger partial charge is 0.375 e. The van der Waals surface area contributed by atoms with Crippen LogP contribution in [0.15, 0.2) is 0 Å². The van der Waals surface area contributed by atoms with E-state index in [0.29, 0.717) is 5.92 Å². The summed E-state index contributed by atoms with van der Waals surface area (Å²) in [6.45, 7) is 0.874. The van der Waals surface area contributed by atoms with E-state index in [1.165, 1.54) is 19.3 Å². The first-order chi connectivity index (χ1) is 5.85. The lowest BCUT2D eigenvalue weighted by Gasteiger charge is -2.47. The highest BCUT2D eigenvalue weighted by Gasteiger charge is 2.42. The standard InChI is InChI=1S/C10H16O2/c11-6-2-9-3-7-12-10(8-9)4-1-5-10/h6,9H,1-5,7-8H2. The van der Waals surface area contributed by atoms with Crippen molar-refractivity contribution in [1.29, 1.82) is 0 Å². The Morgan fingerprint density at radius 3 is 2.92 bits per heavy atom. The Bertz CT molecular complexity index is 173. The Morgan fingerprint density at radius 1 is 1.50 bits per heavy atom. The van der Waals surface area contributed by atoms with Crippen molar-refractivity contribution in [1.82, 2.24) is 0 Å². The molecular formula is C10H16O2. The summed E-state index contributed by atoms with van der Waals surface area (Å²) in [6, 6.07) is 0. The Morgan fingerprint density at radius 2 is 2.33 bits per heavy atom. The average molecular weight is 168 g/mol. The van der Waals surface area contributed by atoms with Crippen LogP contribution in [0.25, 0.3) is 0 Å². The van der Waals surface area contributed by atoms with Crippen molar-refractivity contribution in [2.75, 3.05) is 6.61 Å². The zero-order chi connectivity index (χ0) is 8.44. The summed E-state index contributed by atoms with van der Waals surface area (Å²) in [6.07, 6.45) is 7.78. The molecule has 1 aliphatic carbocycles. The monoisotopic (exact) mass is 168 g/mol. The van der Waals surface area contributed by atoms with Crippen LogP contribution in [0, 0.1) is 5.92 Å². The second-order valence-corrected chi connectivity index (χ2v) is 4.15. The molecule has 0 aromatic heterocycles. The second kappa shape index (κ2) is 3.17. The van der Waals surface area contributed by atoms with Gasteiger partial charge in [-0.3, -0.25) is 0 Å². The van der Waals surface area contributed by atoms with Gasteiger partial charge in [0.05, 0.1) is 5.60 Å². The molecule has 0 aromatic carbocycles. The van der Waals surface area contributed by atoms with Crippen LogP contribution in [0.5, 0.6) is 0 Å². The smallest absolute Gasteiger partial charge is 0.120 e. The maximum atomic E-state index is 10.3. The molecule has 2 aliphatic rings. The van der Waals surface area contributed by atoms with E-state index in [9.17, 15) is 4.79 Å². The molecule has 0 radical (unpaired) electrons. The van der Waals surface area contributed by atoms with Crippen molar-refractivity contribution in [2.45, 2.75) is 44.1 Å². The molecule has 1 unspecified atom stereocenters. The third-order valence-electron chi connectivity index (χ3n) is 3.29. The van der Waals surface area contributed by atoms with E-state index in [-0.39, 0.29) is 5.60 Å². The topological polar surface area (TPSA) is 26.3 Å². The molecule has 1 saturated carbocycles. The molecule has 2 fully saturated rings. The second-order valence-electron chi connectivity index (χ2n) is 4.15. The van der Waals surface area contributed by atoms with Gasteiger partial charge in [-0.1, -0.05) is 0 Å². The molecule has 1 heterocycles. The fourth-order valence-electron chi connectivity index (χ4n) is 2.39. The molecule has 1 aliphatic heterocycles. The summed E-state index contributed by atoms with van der Waals surface area (Å²) in [5.74, 6) is 0.608. The van der Waals surface area contributed by atoms with Gasteiger partial charge in [0.2, 0.25) is 0 Å². The van der Waals surface area contributed by atoms with Gasteiger partial charge in [-0.25, -0.2) is 0 Å². The molecule has 68 valence electrons. The minimum absolute atomic E-state index is 0.214. The predicted octanol–water partition coefficient (Wildman–Crippen LogP) is 1.92. The van der Waals surface area contributed by atoms with Crippen LogP contribution in [0.4, 0.5) is 0 Å². The normalized spacial score (nSPS) is 32.8. The molecule has 0 aromatic rings. The lowest BCUT2D eigenvalue weighted by molar-refractivity contribution is -0.145. The zero-order valence-electron chi connectivity index (χ0n) is 7.42. The van der Waals surface area contributed by atoms with Crippen molar-refractivity contribution in [3.05, 3.63) is 0 Å². The molecule has 0 amide bonds. The molecule has 0 N–H and O–H groups in total. The molecule has 0 bridgehead atoms. The van der Waals surface area contributed by atoms with Gasteiger partial charge in [-0.05, 0) is 38.0 Å². The molecule has 1 atom stereocenters. The van der Waals surface area contributed by atoms with E-state index in [1.54, 1.807) is 0 Å². The first kappa shape index (κ1) is 8.24. The zero-order valence-corrected chi connectivity index (χ0v) is 7.42. The van der Waals surface area contributed by atoms with Gasteiger partial charge in [0.1, 0.15) is 6.29 Å². The van der Waals surface area contributed by atoms with Crippen LogP contribution in [-0.4, -0.2) is 18.5 Å². The quantitative estimate of drug-likeness (QED) is 0.589. The van der Waals surface area contributed by atoms with Gasteiger partial charge in [-0.15, -0.1) is 0 Å². The Labute approximate surface area is 73.3 Å². The van der Waals surface area contributed by atoms with Crippen LogP contribution >= 0.6 is 0 Å². The van der Waals surface area contributed by atoms with E-state index in [0.717, 1.165) is 32.2 Å². The molecular weight excluding hydrogens is 152 g/mol. The first-order valence-corrected chi connectivity index (χ1v) is 4.92. The van der Waals surface area contributed by atoms with Gasteiger partial charge >= 0.3 is 0 Å². The average Bonchev–Trinajstić information content (AvgIpc) is 2.03. The minimum atomic E-state index is 0.214. The van der Waals surface area contributed by atoms with Crippen LogP contribution in [0.3, 0.4) is 0 Å². The van der Waals surface area contributed by atoms with Crippen LogP contribution in [-0.2, 0) is 9.53 Å². The number of carbonyl (C=O) groups is 1. The lowest BCUT2D eigenvalue weighted by Crippen LogP contribution is -2.45. The predicted molar refractivity (Wildman–Crippen MR) is 45.9 cm³/mol. The Kier molecular flexibility index (Phi) is 2.18. The van der Waals surface area contributed by atoms with Gasteiger partial charge < -0.3 is 9.53 Å². The fourth-order valence-corrected chi connectivity index (χ4v) is 2.39. The lowest BCUT2D eigenvalue weighted by atomic mass is 9.71. The van der Waals surface area contributed by atoms with Crippen molar-refractivity contribution < 1.29 is 9.53 Å². The maximum absolute atomic E-state index is 10.3. The molecule has 2 heteroatoms. The van der Waals surface area contributed by atoms with Crippen molar-refractivity contribution in [2.24, 2.45) is 5.92 Å². The van der Waals surface area contributed by atoms with Crippen LogP contribution in [0.1, 0.15) is 38.5 Å². The highest BCUT2D eigenvalue weighted by molar-refractivity contribution is 5.49. The number of hydrogen-bond donors (Lipinski definition) is 0. The van der Waals surface area contributed by atoms with Gasteiger partial charge in [0.15, 0.2) is 0 Å². The van der Waals surface area contributed by atoms with Gasteiger partial charge in [0.25, 0.3) is 0 Å². The van der Waals surface area contributed by atoms with E-state index in [2.05, 4.69) is 0 Å². The maximum Gasteiger partial charge on any atom is 0.120 e. The molecule has 12 heavy (non-hydrogen) atoms. The first-order valence-electron chi connectivity index (χ1n) is 4.92.